The van der Waals surface area contributed by atoms with Crippen molar-refractivity contribution in [2.24, 2.45) is 5.73 Å². The zero-order valence-corrected chi connectivity index (χ0v) is 8.58. The molecule has 0 aliphatic rings. The molecule has 0 heterocycles. The molecule has 0 amide bonds. The van der Waals surface area contributed by atoms with Gasteiger partial charge >= 0.3 is 6.61 Å². The minimum atomic E-state index is -2.85. The van der Waals surface area contributed by atoms with Gasteiger partial charge in [-0.05, 0) is 36.8 Å². The average molecular weight is 224 g/mol. The number of alkyl halides is 2. The topological polar surface area (TPSA) is 59.0 Å². The fraction of sp³-hybridized carbons (Fsp3) is 0.182. The van der Waals surface area contributed by atoms with Crippen molar-refractivity contribution in [2.75, 3.05) is 0 Å². The van der Waals surface area contributed by atoms with Crippen molar-refractivity contribution in [2.45, 2.75) is 13.5 Å². The van der Waals surface area contributed by atoms with Crippen LogP contribution in [0.3, 0.4) is 0 Å². The van der Waals surface area contributed by atoms with Crippen molar-refractivity contribution in [3.63, 3.8) is 0 Å². The summed E-state index contributed by atoms with van der Waals surface area (Å²) in [6, 6.07) is 7.70. The van der Waals surface area contributed by atoms with E-state index >= 15 is 0 Å². The molecule has 0 saturated carbocycles. The first-order valence-corrected chi connectivity index (χ1v) is 4.46. The predicted molar refractivity (Wildman–Crippen MR) is 55.5 cm³/mol. The fourth-order valence-electron chi connectivity index (χ4n) is 1.09. The zero-order chi connectivity index (χ0) is 12.1. The SMILES string of the molecule is C/C(C#N)=C(/N)c1ccc(OC(F)F)cc1. The zero-order valence-electron chi connectivity index (χ0n) is 8.58. The number of nitriles is 1. The molecule has 84 valence electrons. The highest BCUT2D eigenvalue weighted by atomic mass is 19.3. The molecule has 0 aliphatic carbocycles. The highest BCUT2D eigenvalue weighted by molar-refractivity contribution is 5.68. The molecule has 0 spiro atoms. The largest absolute Gasteiger partial charge is 0.435 e. The lowest BCUT2D eigenvalue weighted by atomic mass is 10.1. The summed E-state index contributed by atoms with van der Waals surface area (Å²) in [6.45, 7) is -1.27. The molecule has 0 atom stereocenters. The lowest BCUT2D eigenvalue weighted by Crippen LogP contribution is -2.03. The number of allylic oxidation sites excluding steroid dienone is 1. The summed E-state index contributed by atoms with van der Waals surface area (Å²) in [4.78, 5) is 0. The molecular formula is C11H10F2N2O. The monoisotopic (exact) mass is 224 g/mol. The summed E-state index contributed by atoms with van der Waals surface area (Å²) >= 11 is 0. The van der Waals surface area contributed by atoms with E-state index in [2.05, 4.69) is 4.74 Å². The van der Waals surface area contributed by atoms with E-state index in [0.29, 0.717) is 16.8 Å². The lowest BCUT2D eigenvalue weighted by Gasteiger charge is -2.06. The first-order chi connectivity index (χ1) is 7.54. The van der Waals surface area contributed by atoms with Gasteiger partial charge in [0.1, 0.15) is 5.75 Å². The molecule has 0 radical (unpaired) electrons. The summed E-state index contributed by atoms with van der Waals surface area (Å²) < 4.78 is 27.9. The Morgan fingerprint density at radius 2 is 1.94 bits per heavy atom. The van der Waals surface area contributed by atoms with E-state index in [1.807, 2.05) is 6.07 Å². The number of hydrogen-bond donors (Lipinski definition) is 1. The van der Waals surface area contributed by atoms with Crippen LogP contribution < -0.4 is 10.5 Å². The van der Waals surface area contributed by atoms with Gasteiger partial charge in [-0.1, -0.05) is 0 Å². The maximum atomic E-state index is 11.9. The molecular weight excluding hydrogens is 214 g/mol. The van der Waals surface area contributed by atoms with Gasteiger partial charge in [0.2, 0.25) is 0 Å². The number of nitrogens with two attached hydrogens (primary N) is 1. The minimum absolute atomic E-state index is 0.0566. The Morgan fingerprint density at radius 3 is 2.38 bits per heavy atom. The Hall–Kier alpha value is -2.09. The molecule has 0 bridgehead atoms. The predicted octanol–water partition coefficient (Wildman–Crippen LogP) is 2.50. The van der Waals surface area contributed by atoms with E-state index in [4.69, 9.17) is 11.0 Å². The number of ether oxygens (including phenoxy) is 1. The summed E-state index contributed by atoms with van der Waals surface area (Å²) in [5.41, 5.74) is 6.97. The van der Waals surface area contributed by atoms with Gasteiger partial charge in [-0.25, -0.2) is 0 Å². The highest BCUT2D eigenvalue weighted by Gasteiger charge is 2.05. The molecule has 0 aromatic heterocycles. The van der Waals surface area contributed by atoms with E-state index < -0.39 is 6.61 Å². The second kappa shape index (κ2) is 5.12. The highest BCUT2D eigenvalue weighted by Crippen LogP contribution is 2.19. The van der Waals surface area contributed by atoms with Gasteiger partial charge in [-0.3, -0.25) is 0 Å². The Morgan fingerprint density at radius 1 is 1.38 bits per heavy atom. The van der Waals surface area contributed by atoms with Crippen LogP contribution in [-0.2, 0) is 0 Å². The first kappa shape index (κ1) is 12.0. The van der Waals surface area contributed by atoms with E-state index in [-0.39, 0.29) is 5.75 Å². The van der Waals surface area contributed by atoms with Crippen LogP contribution in [-0.4, -0.2) is 6.61 Å². The van der Waals surface area contributed by atoms with Crippen LogP contribution in [0.4, 0.5) is 8.78 Å². The smallest absolute Gasteiger partial charge is 0.387 e. The van der Waals surface area contributed by atoms with Crippen LogP contribution in [0.2, 0.25) is 0 Å². The third-order valence-electron chi connectivity index (χ3n) is 1.96. The number of rotatable bonds is 3. The standard InChI is InChI=1S/C11H10F2N2O/c1-7(6-14)10(15)8-2-4-9(5-3-8)16-11(12)13/h2-5,11H,15H2,1H3/b10-7-. The maximum absolute atomic E-state index is 11.9. The van der Waals surface area contributed by atoms with Crippen molar-refractivity contribution < 1.29 is 13.5 Å². The fourth-order valence-corrected chi connectivity index (χ4v) is 1.09. The maximum Gasteiger partial charge on any atom is 0.387 e. The van der Waals surface area contributed by atoms with Gasteiger partial charge in [0.05, 0.1) is 11.8 Å². The van der Waals surface area contributed by atoms with Crippen LogP contribution in [0.1, 0.15) is 12.5 Å². The average Bonchev–Trinajstić information content (AvgIpc) is 2.27. The van der Waals surface area contributed by atoms with E-state index in [9.17, 15) is 8.78 Å². The molecule has 16 heavy (non-hydrogen) atoms. The van der Waals surface area contributed by atoms with Crippen molar-refractivity contribution >= 4 is 5.70 Å². The molecule has 0 saturated heterocycles. The molecule has 0 aliphatic heterocycles. The summed E-state index contributed by atoms with van der Waals surface area (Å²) in [5, 5.41) is 8.63. The molecule has 0 unspecified atom stereocenters. The second-order valence-electron chi connectivity index (χ2n) is 3.05. The van der Waals surface area contributed by atoms with Crippen LogP contribution >= 0.6 is 0 Å². The second-order valence-corrected chi connectivity index (χ2v) is 3.05. The Bertz CT molecular complexity index is 432. The Kier molecular flexibility index (Phi) is 3.84. The molecule has 0 fully saturated rings. The van der Waals surface area contributed by atoms with Gasteiger partial charge in [-0.2, -0.15) is 14.0 Å². The van der Waals surface area contributed by atoms with Gasteiger partial charge in [0.25, 0.3) is 0 Å². The minimum Gasteiger partial charge on any atom is -0.435 e. The van der Waals surface area contributed by atoms with Gasteiger partial charge in [0, 0.05) is 5.57 Å². The lowest BCUT2D eigenvalue weighted by molar-refractivity contribution is -0.0498. The Balaban J connectivity index is 2.92. The normalized spacial score (nSPS) is 11.9. The van der Waals surface area contributed by atoms with Gasteiger partial charge in [-0.15, -0.1) is 0 Å². The quantitative estimate of drug-likeness (QED) is 0.802. The number of benzene rings is 1. The molecule has 1 rings (SSSR count). The van der Waals surface area contributed by atoms with Crippen molar-refractivity contribution in [3.05, 3.63) is 35.4 Å². The van der Waals surface area contributed by atoms with Gasteiger partial charge in [0.15, 0.2) is 0 Å². The van der Waals surface area contributed by atoms with Crippen molar-refractivity contribution in [1.29, 1.82) is 5.26 Å². The van der Waals surface area contributed by atoms with Crippen molar-refractivity contribution in [3.8, 4) is 11.8 Å². The molecule has 3 nitrogen and oxygen atoms in total. The molecule has 2 N–H and O–H groups in total. The van der Waals surface area contributed by atoms with E-state index in [0.717, 1.165) is 0 Å². The number of halogens is 2. The first-order valence-electron chi connectivity index (χ1n) is 4.46. The van der Waals surface area contributed by atoms with Crippen LogP contribution in [0.25, 0.3) is 5.70 Å². The van der Waals surface area contributed by atoms with Crippen molar-refractivity contribution in [1.82, 2.24) is 0 Å². The molecule has 1 aromatic carbocycles. The third kappa shape index (κ3) is 2.95. The van der Waals surface area contributed by atoms with Crippen LogP contribution in [0.5, 0.6) is 5.75 Å². The van der Waals surface area contributed by atoms with Gasteiger partial charge < -0.3 is 10.5 Å². The molecule has 5 heteroatoms. The van der Waals surface area contributed by atoms with Crippen LogP contribution in [0.15, 0.2) is 29.8 Å². The third-order valence-corrected chi connectivity index (χ3v) is 1.96. The number of nitrogens with zero attached hydrogens (tertiary/aromatic N) is 1. The summed E-state index contributed by atoms with van der Waals surface area (Å²) in [5.74, 6) is 0.0566. The van der Waals surface area contributed by atoms with E-state index in [1.54, 1.807) is 6.92 Å². The summed E-state index contributed by atoms with van der Waals surface area (Å²) in [7, 11) is 0. The van der Waals surface area contributed by atoms with E-state index in [1.165, 1.54) is 24.3 Å². The number of hydrogen-bond acceptors (Lipinski definition) is 3. The molecule has 1 aromatic rings. The summed E-state index contributed by atoms with van der Waals surface area (Å²) in [6.07, 6.45) is 0. The Labute approximate surface area is 91.7 Å². The van der Waals surface area contributed by atoms with Crippen LogP contribution in [0, 0.1) is 11.3 Å².